The van der Waals surface area contributed by atoms with Crippen LogP contribution in [0.2, 0.25) is 0 Å². The Bertz CT molecular complexity index is 1310. The minimum atomic E-state index is -0.573. The lowest BCUT2D eigenvalue weighted by atomic mass is 10.2. The van der Waals surface area contributed by atoms with Crippen molar-refractivity contribution in [2.24, 2.45) is 0 Å². The first-order valence-corrected chi connectivity index (χ1v) is 11.9. The predicted molar refractivity (Wildman–Crippen MR) is 134 cm³/mol. The third kappa shape index (κ3) is 5.35. The molecule has 2 aromatic heterocycles. The number of benzene rings is 2. The van der Waals surface area contributed by atoms with Crippen LogP contribution in [-0.4, -0.2) is 46.3 Å². The Morgan fingerprint density at radius 2 is 1.71 bits per heavy atom. The van der Waals surface area contributed by atoms with Gasteiger partial charge in [-0.25, -0.2) is 9.48 Å². The average Bonchev–Trinajstić information content (AvgIpc) is 3.41. The average molecular weight is 470 g/mol. The van der Waals surface area contributed by atoms with Gasteiger partial charge in [-0.3, -0.25) is 4.79 Å². The third-order valence-electron chi connectivity index (χ3n) is 6.12. The number of hydrogen-bond acceptors (Lipinski definition) is 5. The number of para-hydroxylation sites is 2. The van der Waals surface area contributed by atoms with Crippen LogP contribution in [0.5, 0.6) is 0 Å². The van der Waals surface area contributed by atoms with Crippen LogP contribution in [0, 0.1) is 0 Å². The molecule has 1 amide bonds. The topological polar surface area (TPSA) is 77.6 Å². The fraction of sp³-hybridized carbons (Fsp3) is 0.250. The van der Waals surface area contributed by atoms with Gasteiger partial charge in [0.05, 0.1) is 5.69 Å². The van der Waals surface area contributed by atoms with Crippen LogP contribution in [0.4, 0.5) is 0 Å². The molecule has 1 fully saturated rings. The summed E-state index contributed by atoms with van der Waals surface area (Å²) in [5, 5.41) is 5.70. The van der Waals surface area contributed by atoms with Gasteiger partial charge >= 0.3 is 5.97 Å². The lowest BCUT2D eigenvalue weighted by Crippen LogP contribution is -2.35. The summed E-state index contributed by atoms with van der Waals surface area (Å²) in [4.78, 5) is 26.6. The summed E-state index contributed by atoms with van der Waals surface area (Å²) >= 11 is 0. The Kier molecular flexibility index (Phi) is 6.75. The molecule has 1 aliphatic rings. The van der Waals surface area contributed by atoms with Gasteiger partial charge in [-0.15, -0.1) is 0 Å². The third-order valence-corrected chi connectivity index (χ3v) is 6.12. The summed E-state index contributed by atoms with van der Waals surface area (Å²) < 4.78 is 13.0. The highest BCUT2D eigenvalue weighted by molar-refractivity contribution is 5.91. The van der Waals surface area contributed by atoms with E-state index in [0.717, 1.165) is 55.4 Å². The van der Waals surface area contributed by atoms with Gasteiger partial charge in [0.15, 0.2) is 12.4 Å². The van der Waals surface area contributed by atoms with Gasteiger partial charge in [-0.05, 0) is 43.2 Å². The molecule has 0 radical (unpaired) electrons. The molecule has 178 valence electrons. The molecule has 0 spiro atoms. The number of aromatic nitrogens is 2. The predicted octanol–water partition coefficient (Wildman–Crippen LogP) is 5.24. The highest BCUT2D eigenvalue weighted by Crippen LogP contribution is 2.30. The van der Waals surface area contributed by atoms with Crippen molar-refractivity contribution in [2.75, 3.05) is 19.7 Å². The van der Waals surface area contributed by atoms with Gasteiger partial charge in [0.1, 0.15) is 11.3 Å². The van der Waals surface area contributed by atoms with Crippen molar-refractivity contribution in [3.05, 3.63) is 78.5 Å². The van der Waals surface area contributed by atoms with Crippen molar-refractivity contribution in [2.45, 2.75) is 25.7 Å². The molecule has 0 unspecified atom stereocenters. The zero-order chi connectivity index (χ0) is 24.0. The first kappa shape index (κ1) is 22.7. The van der Waals surface area contributed by atoms with Gasteiger partial charge < -0.3 is 14.1 Å². The molecule has 3 heterocycles. The Labute approximate surface area is 203 Å². The number of hydrogen-bond donors (Lipinski definition) is 0. The van der Waals surface area contributed by atoms with E-state index in [1.807, 2.05) is 66.9 Å². The van der Waals surface area contributed by atoms with E-state index in [-0.39, 0.29) is 12.5 Å². The van der Waals surface area contributed by atoms with Crippen LogP contribution >= 0.6 is 0 Å². The maximum Gasteiger partial charge on any atom is 0.331 e. The smallest absolute Gasteiger partial charge is 0.331 e. The van der Waals surface area contributed by atoms with Crippen LogP contribution in [0.3, 0.4) is 0 Å². The van der Waals surface area contributed by atoms with Gasteiger partial charge in [-0.1, -0.05) is 49.2 Å². The standard InChI is InChI=1S/C28H27N3O4/c32-26(30-16-8-1-2-9-17-30)20-34-27(33)15-14-22-19-31(23-11-4-3-5-12-23)29-28(22)25-18-21-10-6-7-13-24(21)35-25/h3-7,10-15,18-19H,1-2,8-9,16-17,20H2/b15-14+. The molecular formula is C28H27N3O4. The second-order valence-electron chi connectivity index (χ2n) is 8.60. The molecule has 1 saturated heterocycles. The SMILES string of the molecule is O=C(/C=C/c1cn(-c2ccccc2)nc1-c1cc2ccccc2o1)OCC(=O)N1CCCCCC1. The Morgan fingerprint density at radius 1 is 0.971 bits per heavy atom. The lowest BCUT2D eigenvalue weighted by molar-refractivity contribution is -0.148. The summed E-state index contributed by atoms with van der Waals surface area (Å²) in [6, 6.07) is 19.4. The zero-order valence-corrected chi connectivity index (χ0v) is 19.4. The maximum absolute atomic E-state index is 12.4. The molecule has 2 aromatic carbocycles. The van der Waals surface area contributed by atoms with Crippen LogP contribution < -0.4 is 0 Å². The monoisotopic (exact) mass is 469 g/mol. The number of ether oxygens (including phenoxy) is 1. The van der Waals surface area contributed by atoms with E-state index in [9.17, 15) is 9.59 Å². The van der Waals surface area contributed by atoms with Crippen LogP contribution in [-0.2, 0) is 14.3 Å². The molecule has 7 nitrogen and oxygen atoms in total. The molecule has 0 aliphatic carbocycles. The number of likely N-dealkylation sites (tertiary alicyclic amines) is 1. The summed E-state index contributed by atoms with van der Waals surface area (Å²) in [5.74, 6) is -0.116. The van der Waals surface area contributed by atoms with E-state index in [0.29, 0.717) is 17.0 Å². The molecule has 0 N–H and O–H groups in total. The number of carbonyl (C=O) groups excluding carboxylic acids is 2. The van der Waals surface area contributed by atoms with Gasteiger partial charge in [0, 0.05) is 36.3 Å². The number of nitrogens with zero attached hydrogens (tertiary/aromatic N) is 3. The molecule has 0 bridgehead atoms. The fourth-order valence-corrected chi connectivity index (χ4v) is 4.26. The molecule has 0 atom stereocenters. The second-order valence-corrected chi connectivity index (χ2v) is 8.60. The molecule has 4 aromatic rings. The van der Waals surface area contributed by atoms with E-state index in [4.69, 9.17) is 14.3 Å². The minimum absolute atomic E-state index is 0.145. The molecule has 0 saturated carbocycles. The van der Waals surface area contributed by atoms with Crippen molar-refractivity contribution in [1.82, 2.24) is 14.7 Å². The van der Waals surface area contributed by atoms with Crippen LogP contribution in [0.15, 0.2) is 77.4 Å². The Morgan fingerprint density at radius 3 is 2.49 bits per heavy atom. The van der Waals surface area contributed by atoms with E-state index in [2.05, 4.69) is 0 Å². The number of furan rings is 1. The number of esters is 1. The second kappa shape index (κ2) is 10.4. The van der Waals surface area contributed by atoms with Crippen LogP contribution in [0.1, 0.15) is 31.2 Å². The highest BCUT2D eigenvalue weighted by Gasteiger charge is 2.18. The van der Waals surface area contributed by atoms with Crippen molar-refractivity contribution < 1.29 is 18.7 Å². The van der Waals surface area contributed by atoms with Crippen molar-refractivity contribution >= 4 is 28.9 Å². The highest BCUT2D eigenvalue weighted by atomic mass is 16.5. The molecule has 7 heteroatoms. The molecule has 5 rings (SSSR count). The van der Waals surface area contributed by atoms with E-state index in [1.54, 1.807) is 15.7 Å². The summed E-state index contributed by atoms with van der Waals surface area (Å²) in [5.41, 5.74) is 2.95. The summed E-state index contributed by atoms with van der Waals surface area (Å²) in [6.07, 6.45) is 9.07. The lowest BCUT2D eigenvalue weighted by Gasteiger charge is -2.19. The zero-order valence-electron chi connectivity index (χ0n) is 19.4. The van der Waals surface area contributed by atoms with Crippen molar-refractivity contribution in [3.63, 3.8) is 0 Å². The Balaban J connectivity index is 1.35. The summed E-state index contributed by atoms with van der Waals surface area (Å²) in [6.45, 7) is 1.21. The normalized spacial score (nSPS) is 14.3. The van der Waals surface area contributed by atoms with E-state index < -0.39 is 5.97 Å². The summed E-state index contributed by atoms with van der Waals surface area (Å²) in [7, 11) is 0. The van der Waals surface area contributed by atoms with E-state index in [1.165, 1.54) is 6.08 Å². The van der Waals surface area contributed by atoms with E-state index >= 15 is 0 Å². The minimum Gasteiger partial charge on any atom is -0.454 e. The molecule has 35 heavy (non-hydrogen) atoms. The van der Waals surface area contributed by atoms with Crippen LogP contribution in [0.25, 0.3) is 34.2 Å². The maximum atomic E-state index is 12.4. The molecular weight excluding hydrogens is 442 g/mol. The number of rotatable bonds is 6. The quantitative estimate of drug-likeness (QED) is 0.285. The van der Waals surface area contributed by atoms with Crippen molar-refractivity contribution in [1.29, 1.82) is 0 Å². The van der Waals surface area contributed by atoms with Gasteiger partial charge in [0.25, 0.3) is 5.91 Å². The first-order valence-electron chi connectivity index (χ1n) is 11.9. The largest absolute Gasteiger partial charge is 0.454 e. The fourth-order valence-electron chi connectivity index (χ4n) is 4.26. The Hall–Kier alpha value is -4.13. The number of carbonyl (C=O) groups is 2. The van der Waals surface area contributed by atoms with Gasteiger partial charge in [0.2, 0.25) is 0 Å². The first-order chi connectivity index (χ1) is 17.2. The van der Waals surface area contributed by atoms with Gasteiger partial charge in [-0.2, -0.15) is 5.10 Å². The molecule has 1 aliphatic heterocycles. The van der Waals surface area contributed by atoms with Crippen molar-refractivity contribution in [3.8, 4) is 17.1 Å². The number of amides is 1. The number of fused-ring (bicyclic) bond motifs is 1.